The molecule has 0 aliphatic heterocycles. The summed E-state index contributed by atoms with van der Waals surface area (Å²) in [6, 6.07) is 1.46. The third-order valence-electron chi connectivity index (χ3n) is 9.49. The molecule has 65 heavy (non-hydrogen) atoms. The monoisotopic (exact) mass is 988 g/mol. The Morgan fingerprint density at radius 1 is 0.277 bits per heavy atom. The van der Waals surface area contributed by atoms with Crippen LogP contribution in [0.15, 0.2) is 103 Å². The van der Waals surface area contributed by atoms with Gasteiger partial charge in [-0.3, -0.25) is 0 Å². The van der Waals surface area contributed by atoms with Crippen molar-refractivity contribution in [3.8, 4) is 0 Å². The third kappa shape index (κ3) is 12.2. The molecule has 5 rings (SSSR count). The molecule has 0 saturated carbocycles. The highest BCUT2D eigenvalue weighted by atomic mass is 32.1. The first-order valence-electron chi connectivity index (χ1n) is 17.2. The molecule has 0 N–H and O–H groups in total. The minimum absolute atomic E-state index is 0.691. The van der Waals surface area contributed by atoms with E-state index >= 15 is 0 Å². The van der Waals surface area contributed by atoms with E-state index in [9.17, 15) is 105 Å². The quantitative estimate of drug-likeness (QED) is 0.0935. The van der Waals surface area contributed by atoms with Gasteiger partial charge in [-0.1, -0.05) is 78.9 Å². The largest absolute Gasteiger partial charge is 0.416 e. The summed E-state index contributed by atoms with van der Waals surface area (Å²) in [5, 5.41) is 0. The Hall–Kier alpha value is -5.17. The highest BCUT2D eigenvalue weighted by Crippen LogP contribution is 2.41. The predicted molar refractivity (Wildman–Crippen MR) is 190 cm³/mol. The molecule has 5 aromatic carbocycles. The topological polar surface area (TPSA) is 0 Å². The minimum atomic E-state index is -6.13. The lowest BCUT2D eigenvalue weighted by Crippen LogP contribution is -2.75. The standard InChI is InChI=1S/C32H12BF24.C7H8S/c34-25(35,36)13-1-14(26(37,38)39)6-21(5-13)33(22-7-15(27(40,41)42)2-16(8-22)28(43,44)45,23-9-17(29(46,47)48)3-18(10-23)30(49,50)51)24-11-19(31(52,53)54)4-20(12-24)32(55,56)57;8-6-7-4-2-1-3-5-7/h1-12H;1-5,8H,6H2/q-1;/p+1. The van der Waals surface area contributed by atoms with Crippen molar-refractivity contribution < 1.29 is 105 Å². The van der Waals surface area contributed by atoms with Gasteiger partial charge in [0.25, 0.3) is 0 Å². The molecule has 0 aliphatic rings. The van der Waals surface area contributed by atoms with Crippen molar-refractivity contribution in [3.63, 3.8) is 0 Å². The molecule has 0 spiro atoms. The Bertz CT molecular complexity index is 2030. The average molecular weight is 988 g/mol. The smallest absolute Gasteiger partial charge is 0.194 e. The summed E-state index contributed by atoms with van der Waals surface area (Å²) in [4.78, 5) is 0. The van der Waals surface area contributed by atoms with E-state index in [0.717, 1.165) is 5.75 Å². The van der Waals surface area contributed by atoms with Crippen molar-refractivity contribution in [2.45, 2.75) is 55.2 Å². The second-order valence-corrected chi connectivity index (χ2v) is 14.2. The summed E-state index contributed by atoms with van der Waals surface area (Å²) < 4.78 is 341. The van der Waals surface area contributed by atoms with Crippen LogP contribution in [-0.4, -0.2) is 6.15 Å². The van der Waals surface area contributed by atoms with Gasteiger partial charge in [-0.25, -0.2) is 0 Å². The molecule has 0 atom stereocenters. The maximum Gasteiger partial charge on any atom is 0.416 e. The van der Waals surface area contributed by atoms with E-state index in [-0.39, 0.29) is 0 Å². The summed E-state index contributed by atoms with van der Waals surface area (Å²) in [7, 11) is 0. The second kappa shape index (κ2) is 17.6. The average Bonchev–Trinajstić information content (AvgIpc) is 3.15. The van der Waals surface area contributed by atoms with Gasteiger partial charge in [0.05, 0.1) is 44.5 Å². The summed E-state index contributed by atoms with van der Waals surface area (Å²) in [6.07, 6.45) is -54.8. The maximum absolute atomic E-state index is 14.2. The van der Waals surface area contributed by atoms with Crippen molar-refractivity contribution in [2.75, 3.05) is 0 Å². The molecule has 0 fully saturated rings. The van der Waals surface area contributed by atoms with Crippen molar-refractivity contribution in [1.29, 1.82) is 0 Å². The van der Waals surface area contributed by atoms with Gasteiger partial charge in [-0.15, -0.1) is 0 Å². The zero-order valence-electron chi connectivity index (χ0n) is 31.2. The first-order chi connectivity index (χ1) is 29.2. The highest BCUT2D eigenvalue weighted by Gasteiger charge is 2.47. The Kier molecular flexibility index (Phi) is 14.2. The van der Waals surface area contributed by atoms with Gasteiger partial charge in [-0.05, 0) is 36.9 Å². The Labute approximate surface area is 354 Å². The fourth-order valence-electron chi connectivity index (χ4n) is 6.67. The van der Waals surface area contributed by atoms with Gasteiger partial charge in [0.15, 0.2) is 0 Å². The molecule has 26 heteroatoms. The van der Waals surface area contributed by atoms with Crippen LogP contribution < -0.4 is 21.9 Å². The normalized spacial score (nSPS) is 13.7. The molecule has 0 radical (unpaired) electrons. The van der Waals surface area contributed by atoms with E-state index in [4.69, 9.17) is 0 Å². The van der Waals surface area contributed by atoms with E-state index < -0.39 is 195 Å². The van der Waals surface area contributed by atoms with Crippen LogP contribution in [0.3, 0.4) is 0 Å². The van der Waals surface area contributed by atoms with Crippen LogP contribution in [0.5, 0.6) is 0 Å². The maximum atomic E-state index is 14.2. The molecular weight excluding hydrogens is 967 g/mol. The lowest BCUT2D eigenvalue weighted by atomic mass is 9.12. The molecule has 5 aromatic rings. The summed E-state index contributed by atoms with van der Waals surface area (Å²) >= 11 is 3.40. The fourth-order valence-corrected chi connectivity index (χ4v) is 6.90. The van der Waals surface area contributed by atoms with Gasteiger partial charge in [-0.2, -0.15) is 127 Å². The molecule has 0 unspecified atom stereocenters. The molecule has 0 nitrogen and oxygen atoms in total. The molecule has 0 saturated heterocycles. The van der Waals surface area contributed by atoms with Crippen LogP contribution in [-0.2, 0) is 67.8 Å². The molecular formula is C39H21BF24S. The van der Waals surface area contributed by atoms with Crippen LogP contribution in [0.25, 0.3) is 0 Å². The minimum Gasteiger partial charge on any atom is -0.194 e. The molecule has 0 bridgehead atoms. The van der Waals surface area contributed by atoms with Gasteiger partial charge < -0.3 is 0 Å². The van der Waals surface area contributed by atoms with Crippen LogP contribution in [0.1, 0.15) is 50.1 Å². The lowest BCUT2D eigenvalue weighted by Gasteiger charge is -2.46. The highest BCUT2D eigenvalue weighted by molar-refractivity contribution is 7.57. The molecule has 0 aromatic heterocycles. The van der Waals surface area contributed by atoms with Crippen molar-refractivity contribution in [3.05, 3.63) is 153 Å². The van der Waals surface area contributed by atoms with Gasteiger partial charge in [0.2, 0.25) is 0 Å². The van der Waals surface area contributed by atoms with Crippen LogP contribution in [0, 0.1) is 0 Å². The Morgan fingerprint density at radius 3 is 0.569 bits per heavy atom. The SMILES string of the molecule is FC(F)(F)c1cc([B-](c2cc(C(F)(F)F)cc(C(F)(F)F)c2)(c2cc(C(F)(F)F)cc(C(F)(F)F)c2)c2cc(C(F)(F)F)cc(C(F)(F)F)c2)cc(C(F)(F)F)c1.[SH2+]Cc1ccccc1. The van der Waals surface area contributed by atoms with Gasteiger partial charge >= 0.3 is 49.4 Å². The van der Waals surface area contributed by atoms with Crippen LogP contribution in [0.4, 0.5) is 105 Å². The number of hydrogen-bond acceptors (Lipinski definition) is 0. The summed E-state index contributed by atoms with van der Waals surface area (Å²) in [6.45, 7) is 0. The summed E-state index contributed by atoms with van der Waals surface area (Å²) in [5.41, 5.74) is -28.9. The number of benzene rings is 5. The molecule has 0 aliphatic carbocycles. The van der Waals surface area contributed by atoms with Crippen LogP contribution in [0.2, 0.25) is 0 Å². The van der Waals surface area contributed by atoms with Gasteiger partial charge in [0, 0.05) is 5.56 Å². The predicted octanol–water partition coefficient (Wildman–Crippen LogP) is 12.4. The fraction of sp³-hybridized carbons (Fsp3) is 0.231. The molecule has 0 heterocycles. The second-order valence-electron chi connectivity index (χ2n) is 13.9. The van der Waals surface area contributed by atoms with Crippen molar-refractivity contribution in [1.82, 2.24) is 0 Å². The molecule has 0 amide bonds. The van der Waals surface area contributed by atoms with E-state index in [2.05, 4.69) is 24.8 Å². The zero-order valence-corrected chi connectivity index (χ0v) is 32.2. The first-order valence-corrected chi connectivity index (χ1v) is 17.9. The molecule has 354 valence electrons. The van der Waals surface area contributed by atoms with Crippen LogP contribution >= 0.6 is 0 Å². The van der Waals surface area contributed by atoms with E-state index in [1.165, 1.54) is 5.56 Å². The Morgan fingerprint density at radius 2 is 0.446 bits per heavy atom. The number of hydrogen-bond donors (Lipinski definition) is 0. The first kappa shape index (κ1) is 52.5. The van der Waals surface area contributed by atoms with Crippen molar-refractivity contribution in [2.24, 2.45) is 0 Å². The van der Waals surface area contributed by atoms with E-state index in [0.29, 0.717) is 0 Å². The van der Waals surface area contributed by atoms with E-state index in [1.807, 2.05) is 18.2 Å². The zero-order chi connectivity index (χ0) is 49.7. The third-order valence-corrected chi connectivity index (χ3v) is 9.90. The Balaban J connectivity index is 0.00000104. The lowest BCUT2D eigenvalue weighted by molar-refractivity contribution is -0.144. The summed E-state index contributed by atoms with van der Waals surface area (Å²) in [5.74, 6) is 0.945. The van der Waals surface area contributed by atoms with E-state index in [1.54, 1.807) is 0 Å². The number of alkyl halides is 24. The number of rotatable bonds is 5. The van der Waals surface area contributed by atoms with Gasteiger partial charge in [0.1, 0.15) is 11.9 Å². The number of halogens is 24. The van der Waals surface area contributed by atoms with Crippen molar-refractivity contribution >= 4 is 40.6 Å².